The Morgan fingerprint density at radius 1 is 1.17 bits per heavy atom. The van der Waals surface area contributed by atoms with Crippen LogP contribution in [0.1, 0.15) is 4.88 Å². The molecule has 0 saturated carbocycles. The van der Waals surface area contributed by atoms with Crippen LogP contribution in [0, 0.1) is 6.92 Å². The number of carbonyl (C=O) groups excluding carboxylic acids is 1. The van der Waals surface area contributed by atoms with Crippen molar-refractivity contribution < 1.29 is 9.53 Å². The van der Waals surface area contributed by atoms with Crippen LogP contribution in [-0.4, -0.2) is 28.3 Å². The van der Waals surface area contributed by atoms with Gasteiger partial charge in [0, 0.05) is 4.88 Å². The number of methoxy groups -OCH3 is 1. The van der Waals surface area contributed by atoms with Crippen LogP contribution < -0.4 is 15.6 Å². The van der Waals surface area contributed by atoms with Gasteiger partial charge in [0.1, 0.15) is 10.6 Å². The van der Waals surface area contributed by atoms with Crippen LogP contribution in [0.25, 0.3) is 15.9 Å². The summed E-state index contributed by atoms with van der Waals surface area (Å²) in [4.78, 5) is 32.1. The molecule has 0 radical (unpaired) electrons. The molecule has 0 atom stereocenters. The van der Waals surface area contributed by atoms with E-state index in [9.17, 15) is 9.59 Å². The molecule has 0 aliphatic carbocycles. The van der Waals surface area contributed by atoms with Crippen molar-refractivity contribution in [2.75, 3.05) is 18.2 Å². The normalized spacial score (nSPS) is 10.9. The van der Waals surface area contributed by atoms with Gasteiger partial charge in [-0.25, -0.2) is 4.98 Å². The molecule has 0 saturated heterocycles. The van der Waals surface area contributed by atoms with Crippen molar-refractivity contribution in [2.24, 2.45) is 0 Å². The van der Waals surface area contributed by atoms with Gasteiger partial charge in [0.25, 0.3) is 5.56 Å². The Balaban J connectivity index is 1.65. The number of fused-ring (bicyclic) bond motifs is 1. The molecule has 0 spiro atoms. The minimum absolute atomic E-state index is 0.104. The zero-order valence-electron chi connectivity index (χ0n) is 16.4. The van der Waals surface area contributed by atoms with Crippen molar-refractivity contribution in [2.45, 2.75) is 12.1 Å². The molecule has 2 aromatic heterocycles. The first-order valence-corrected chi connectivity index (χ1v) is 11.0. The lowest BCUT2D eigenvalue weighted by atomic mass is 10.3. The van der Waals surface area contributed by atoms with Crippen molar-refractivity contribution in [1.82, 2.24) is 9.55 Å². The summed E-state index contributed by atoms with van der Waals surface area (Å²) in [6.45, 7) is 1.95. The quantitative estimate of drug-likeness (QED) is 0.355. The highest BCUT2D eigenvalue weighted by molar-refractivity contribution is 7.99. The van der Waals surface area contributed by atoms with E-state index < -0.39 is 0 Å². The Morgan fingerprint density at radius 3 is 2.67 bits per heavy atom. The van der Waals surface area contributed by atoms with Gasteiger partial charge >= 0.3 is 0 Å². The highest BCUT2D eigenvalue weighted by Crippen LogP contribution is 2.27. The van der Waals surface area contributed by atoms with Crippen LogP contribution in [0.2, 0.25) is 0 Å². The zero-order valence-corrected chi connectivity index (χ0v) is 18.0. The van der Waals surface area contributed by atoms with Gasteiger partial charge in [-0.2, -0.15) is 0 Å². The van der Waals surface area contributed by atoms with E-state index in [0.717, 1.165) is 4.88 Å². The van der Waals surface area contributed by atoms with E-state index in [0.29, 0.717) is 32.5 Å². The first kappa shape index (κ1) is 20.2. The van der Waals surface area contributed by atoms with E-state index in [2.05, 4.69) is 10.3 Å². The first-order valence-electron chi connectivity index (χ1n) is 9.21. The number of hydrogen-bond donors (Lipinski definition) is 1. The van der Waals surface area contributed by atoms with E-state index >= 15 is 0 Å². The summed E-state index contributed by atoms with van der Waals surface area (Å²) in [5.41, 5.74) is 1.18. The molecule has 2 heterocycles. The van der Waals surface area contributed by atoms with E-state index in [-0.39, 0.29) is 17.2 Å². The molecule has 30 heavy (non-hydrogen) atoms. The van der Waals surface area contributed by atoms with Crippen LogP contribution in [0.3, 0.4) is 0 Å². The number of thioether (sulfide) groups is 1. The molecule has 2 aromatic carbocycles. The fraction of sp³-hybridized carbons (Fsp3) is 0.136. The molecule has 0 unspecified atom stereocenters. The maximum Gasteiger partial charge on any atom is 0.267 e. The number of hydrogen-bond acceptors (Lipinski definition) is 6. The fourth-order valence-corrected chi connectivity index (χ4v) is 4.78. The Hall–Kier alpha value is -3.10. The molecule has 0 aliphatic heterocycles. The predicted octanol–water partition coefficient (Wildman–Crippen LogP) is 4.50. The lowest BCUT2D eigenvalue weighted by Crippen LogP contribution is -2.22. The van der Waals surface area contributed by atoms with Crippen molar-refractivity contribution in [3.05, 3.63) is 75.9 Å². The number of para-hydroxylation sites is 3. The molecular formula is C22H19N3O3S2. The summed E-state index contributed by atoms with van der Waals surface area (Å²) < 4.78 is 6.84. The number of rotatable bonds is 6. The van der Waals surface area contributed by atoms with Gasteiger partial charge in [-0.3, -0.25) is 14.2 Å². The maximum atomic E-state index is 13.2. The van der Waals surface area contributed by atoms with Crippen LogP contribution in [0.15, 0.2) is 70.6 Å². The molecular weight excluding hydrogens is 418 g/mol. The number of aryl methyl sites for hydroxylation is 1. The van der Waals surface area contributed by atoms with Gasteiger partial charge < -0.3 is 10.1 Å². The molecule has 6 nitrogen and oxygen atoms in total. The first-order chi connectivity index (χ1) is 14.6. The molecule has 0 fully saturated rings. The largest absolute Gasteiger partial charge is 0.495 e. The fourth-order valence-electron chi connectivity index (χ4n) is 3.05. The zero-order chi connectivity index (χ0) is 21.1. The summed E-state index contributed by atoms with van der Waals surface area (Å²) in [5.74, 6) is 0.485. The van der Waals surface area contributed by atoms with Gasteiger partial charge in [0.05, 0.1) is 29.6 Å². The Labute approximate surface area is 181 Å². The number of aromatic nitrogens is 2. The second kappa shape index (κ2) is 8.73. The van der Waals surface area contributed by atoms with E-state index in [1.165, 1.54) is 23.1 Å². The van der Waals surface area contributed by atoms with Crippen LogP contribution in [0.5, 0.6) is 5.75 Å². The minimum Gasteiger partial charge on any atom is -0.495 e. The molecule has 8 heteroatoms. The molecule has 0 aliphatic rings. The molecule has 4 aromatic rings. The van der Waals surface area contributed by atoms with Gasteiger partial charge in [-0.15, -0.1) is 11.3 Å². The Morgan fingerprint density at radius 2 is 1.90 bits per heavy atom. The number of benzene rings is 2. The van der Waals surface area contributed by atoms with Crippen molar-refractivity contribution in [1.29, 1.82) is 0 Å². The van der Waals surface area contributed by atoms with Crippen LogP contribution in [0.4, 0.5) is 5.69 Å². The third-order valence-corrected chi connectivity index (χ3v) is 6.27. The molecule has 1 N–H and O–H groups in total. The number of nitrogens with zero attached hydrogens (tertiary/aromatic N) is 2. The topological polar surface area (TPSA) is 73.2 Å². The van der Waals surface area contributed by atoms with Crippen molar-refractivity contribution in [3.8, 4) is 11.4 Å². The predicted molar refractivity (Wildman–Crippen MR) is 122 cm³/mol. The minimum atomic E-state index is -0.208. The summed E-state index contributed by atoms with van der Waals surface area (Å²) >= 11 is 2.70. The molecule has 152 valence electrons. The third kappa shape index (κ3) is 4.10. The number of ether oxygens (including phenoxy) is 1. The molecule has 4 rings (SSSR count). The smallest absolute Gasteiger partial charge is 0.267 e. The van der Waals surface area contributed by atoms with Crippen LogP contribution >= 0.6 is 23.1 Å². The summed E-state index contributed by atoms with van der Waals surface area (Å²) in [6, 6.07) is 18.4. The van der Waals surface area contributed by atoms with Crippen molar-refractivity contribution in [3.63, 3.8) is 0 Å². The third-order valence-electron chi connectivity index (χ3n) is 4.39. The summed E-state index contributed by atoms with van der Waals surface area (Å²) in [6.07, 6.45) is 0. The van der Waals surface area contributed by atoms with Crippen molar-refractivity contribution >= 4 is 44.9 Å². The lowest BCUT2D eigenvalue weighted by Gasteiger charge is -2.12. The second-order valence-electron chi connectivity index (χ2n) is 6.48. The summed E-state index contributed by atoms with van der Waals surface area (Å²) in [5, 5.41) is 3.92. The van der Waals surface area contributed by atoms with Gasteiger partial charge in [0.15, 0.2) is 5.16 Å². The van der Waals surface area contributed by atoms with E-state index in [4.69, 9.17) is 4.74 Å². The standard InChI is InChI=1S/C22H19N3O3S2/c1-14-12-16-20(30-14)24-22(25(21(16)27)15-8-4-3-5-9-15)29-13-19(26)23-17-10-6-7-11-18(17)28-2/h3-12H,13H2,1-2H3,(H,23,26). The van der Waals surface area contributed by atoms with E-state index in [1.807, 2.05) is 55.5 Å². The maximum absolute atomic E-state index is 13.2. The Bertz CT molecular complexity index is 1270. The average Bonchev–Trinajstić information content (AvgIpc) is 3.14. The highest BCUT2D eigenvalue weighted by atomic mass is 32.2. The lowest BCUT2D eigenvalue weighted by molar-refractivity contribution is -0.113. The van der Waals surface area contributed by atoms with Crippen LogP contribution in [-0.2, 0) is 4.79 Å². The average molecular weight is 438 g/mol. The highest BCUT2D eigenvalue weighted by Gasteiger charge is 2.17. The van der Waals surface area contributed by atoms with Gasteiger partial charge in [-0.1, -0.05) is 42.1 Å². The number of carbonyl (C=O) groups is 1. The van der Waals surface area contributed by atoms with Gasteiger partial charge in [-0.05, 0) is 37.3 Å². The number of amides is 1. The SMILES string of the molecule is COc1ccccc1NC(=O)CSc1nc2sc(C)cc2c(=O)n1-c1ccccc1. The molecule has 0 bridgehead atoms. The number of nitrogens with one attached hydrogen (secondary N) is 1. The number of anilines is 1. The summed E-state index contributed by atoms with van der Waals surface area (Å²) in [7, 11) is 1.56. The number of thiophene rings is 1. The monoisotopic (exact) mass is 437 g/mol. The molecule has 1 amide bonds. The second-order valence-corrected chi connectivity index (χ2v) is 8.66. The van der Waals surface area contributed by atoms with Gasteiger partial charge in [0.2, 0.25) is 5.91 Å². The Kier molecular flexibility index (Phi) is 5.87. The van der Waals surface area contributed by atoms with E-state index in [1.54, 1.807) is 23.8 Å².